The van der Waals surface area contributed by atoms with E-state index in [1.165, 1.54) is 18.6 Å². The first-order chi connectivity index (χ1) is 12.1. The summed E-state index contributed by atoms with van der Waals surface area (Å²) in [6.45, 7) is 0.541. The van der Waals surface area contributed by atoms with Gasteiger partial charge in [-0.25, -0.2) is 9.37 Å². The molecule has 2 saturated carbocycles. The fourth-order valence-corrected chi connectivity index (χ4v) is 4.60. The summed E-state index contributed by atoms with van der Waals surface area (Å²) >= 11 is 0. The lowest BCUT2D eigenvalue weighted by molar-refractivity contribution is -0.127. The number of nitrogens with two attached hydrogens (primary N) is 1. The van der Waals surface area contributed by atoms with Crippen molar-refractivity contribution >= 4 is 41.8 Å². The second-order valence-electron chi connectivity index (χ2n) is 7.58. The molecule has 2 aliphatic carbocycles. The van der Waals surface area contributed by atoms with Gasteiger partial charge in [0.2, 0.25) is 5.91 Å². The Balaban J connectivity index is 0.00000131. The van der Waals surface area contributed by atoms with E-state index in [-0.39, 0.29) is 48.5 Å². The number of aromatic amines is 1. The van der Waals surface area contributed by atoms with E-state index in [0.29, 0.717) is 30.3 Å². The van der Waals surface area contributed by atoms with Crippen LogP contribution < -0.4 is 11.1 Å². The number of rotatable bonds is 4. The molecule has 2 unspecified atom stereocenters. The zero-order valence-corrected chi connectivity index (χ0v) is 16.8. The van der Waals surface area contributed by atoms with Gasteiger partial charge < -0.3 is 16.0 Å². The van der Waals surface area contributed by atoms with E-state index < -0.39 is 0 Å². The summed E-state index contributed by atoms with van der Waals surface area (Å²) in [7, 11) is 0. The van der Waals surface area contributed by atoms with Gasteiger partial charge in [0, 0.05) is 24.9 Å². The topological polar surface area (TPSA) is 83.8 Å². The summed E-state index contributed by atoms with van der Waals surface area (Å²) in [4.78, 5) is 20.0. The molecule has 2 bridgehead atoms. The van der Waals surface area contributed by atoms with Gasteiger partial charge in [0.15, 0.2) is 0 Å². The minimum atomic E-state index is -0.281. The molecule has 27 heavy (non-hydrogen) atoms. The number of carbonyl (C=O) groups excluding carboxylic acids is 1. The van der Waals surface area contributed by atoms with Crippen LogP contribution in [-0.2, 0) is 11.2 Å². The molecule has 0 saturated heterocycles. The second-order valence-corrected chi connectivity index (χ2v) is 7.58. The van der Waals surface area contributed by atoms with Crippen molar-refractivity contribution in [1.29, 1.82) is 0 Å². The number of nitrogens with one attached hydrogen (secondary N) is 2. The van der Waals surface area contributed by atoms with Crippen molar-refractivity contribution < 1.29 is 9.18 Å². The fourth-order valence-electron chi connectivity index (χ4n) is 4.60. The average molecular weight is 417 g/mol. The fraction of sp³-hybridized carbons (Fsp3) is 0.579. The van der Waals surface area contributed by atoms with Crippen LogP contribution in [0.5, 0.6) is 0 Å². The first-order valence-electron chi connectivity index (χ1n) is 9.27. The van der Waals surface area contributed by atoms with E-state index in [4.69, 9.17) is 5.73 Å². The number of benzene rings is 1. The standard InChI is InChI=1S/C19H25FN4O.2ClH/c20-14-4-5-15-16(10-14)24-17(23-15)6-7-22-19(25)13-8-11-2-1-3-12(9-13)18(11)21;;/h4-5,10-13,18H,1-3,6-9,21H2,(H,22,25)(H,23,24);2*1H. The van der Waals surface area contributed by atoms with Crippen molar-refractivity contribution in [2.75, 3.05) is 6.54 Å². The summed E-state index contributed by atoms with van der Waals surface area (Å²) in [5.41, 5.74) is 7.74. The van der Waals surface area contributed by atoms with E-state index >= 15 is 0 Å². The number of hydrogen-bond acceptors (Lipinski definition) is 3. The lowest BCUT2D eigenvalue weighted by Crippen LogP contribution is -2.49. The van der Waals surface area contributed by atoms with E-state index in [2.05, 4.69) is 15.3 Å². The monoisotopic (exact) mass is 416 g/mol. The minimum absolute atomic E-state index is 0. The van der Waals surface area contributed by atoms with Crippen LogP contribution in [0.2, 0.25) is 0 Å². The molecule has 1 aromatic carbocycles. The van der Waals surface area contributed by atoms with Gasteiger partial charge in [-0.1, -0.05) is 6.42 Å². The van der Waals surface area contributed by atoms with Gasteiger partial charge in [0.05, 0.1) is 11.0 Å². The molecule has 4 N–H and O–H groups in total. The van der Waals surface area contributed by atoms with E-state index in [0.717, 1.165) is 37.0 Å². The Hall–Kier alpha value is -1.37. The molecule has 0 radical (unpaired) electrons. The second kappa shape index (κ2) is 9.22. The molecule has 150 valence electrons. The molecule has 5 nitrogen and oxygen atoms in total. The van der Waals surface area contributed by atoms with Crippen LogP contribution >= 0.6 is 24.8 Å². The van der Waals surface area contributed by atoms with E-state index in [1.807, 2.05) is 0 Å². The predicted octanol–water partition coefficient (Wildman–Crippen LogP) is 3.36. The maximum absolute atomic E-state index is 13.2. The van der Waals surface area contributed by atoms with Crippen LogP contribution in [0.3, 0.4) is 0 Å². The van der Waals surface area contributed by atoms with Crippen LogP contribution in [0.1, 0.15) is 37.9 Å². The summed E-state index contributed by atoms with van der Waals surface area (Å²) in [5.74, 6) is 1.74. The summed E-state index contributed by atoms with van der Waals surface area (Å²) in [6, 6.07) is 4.79. The Morgan fingerprint density at radius 2 is 1.96 bits per heavy atom. The zero-order valence-electron chi connectivity index (χ0n) is 15.1. The number of H-pyrrole nitrogens is 1. The Labute approximate surface area is 170 Å². The van der Waals surface area contributed by atoms with Gasteiger partial charge in [0.1, 0.15) is 11.6 Å². The summed E-state index contributed by atoms with van der Waals surface area (Å²) < 4.78 is 13.2. The third-order valence-electron chi connectivity index (χ3n) is 5.94. The van der Waals surface area contributed by atoms with Crippen molar-refractivity contribution in [2.24, 2.45) is 23.5 Å². The number of fused-ring (bicyclic) bond motifs is 3. The quantitative estimate of drug-likeness (QED) is 0.714. The maximum Gasteiger partial charge on any atom is 0.223 e. The number of nitrogens with zero attached hydrogens (tertiary/aromatic N) is 1. The molecule has 4 rings (SSSR count). The lowest BCUT2D eigenvalue weighted by atomic mass is 9.65. The molecular formula is C19H27Cl2FN4O. The van der Waals surface area contributed by atoms with Gasteiger partial charge >= 0.3 is 0 Å². The number of carbonyl (C=O) groups is 1. The van der Waals surface area contributed by atoms with Crippen molar-refractivity contribution in [3.05, 3.63) is 29.8 Å². The average Bonchev–Trinajstić information content (AvgIpc) is 2.96. The Morgan fingerprint density at radius 3 is 2.67 bits per heavy atom. The van der Waals surface area contributed by atoms with Crippen molar-refractivity contribution in [3.63, 3.8) is 0 Å². The van der Waals surface area contributed by atoms with Crippen LogP contribution in [0.25, 0.3) is 11.0 Å². The van der Waals surface area contributed by atoms with Crippen LogP contribution in [0.4, 0.5) is 4.39 Å². The third-order valence-corrected chi connectivity index (χ3v) is 5.94. The first kappa shape index (κ1) is 21.9. The predicted molar refractivity (Wildman–Crippen MR) is 109 cm³/mol. The van der Waals surface area contributed by atoms with Crippen molar-refractivity contribution in [3.8, 4) is 0 Å². The molecule has 0 spiro atoms. The van der Waals surface area contributed by atoms with Crippen LogP contribution in [0.15, 0.2) is 18.2 Å². The molecule has 8 heteroatoms. The zero-order chi connectivity index (χ0) is 17.4. The maximum atomic E-state index is 13.2. The Kier molecular flexibility index (Phi) is 7.48. The SMILES string of the molecule is Cl.Cl.NC1C2CCCC1CC(C(=O)NCCc1nc3ccc(F)cc3[nH]1)C2. The number of imidazole rings is 1. The highest BCUT2D eigenvalue weighted by Gasteiger charge is 2.40. The lowest BCUT2D eigenvalue weighted by Gasteiger charge is -2.43. The number of halogens is 3. The smallest absolute Gasteiger partial charge is 0.223 e. The minimum Gasteiger partial charge on any atom is -0.355 e. The Bertz CT molecular complexity index is 770. The van der Waals surface area contributed by atoms with E-state index in [1.54, 1.807) is 6.07 Å². The summed E-state index contributed by atoms with van der Waals surface area (Å²) in [6.07, 6.45) is 6.04. The highest BCUT2D eigenvalue weighted by molar-refractivity contribution is 5.85. The number of hydrogen-bond donors (Lipinski definition) is 3. The molecule has 2 atom stereocenters. The number of aromatic nitrogens is 2. The molecule has 2 fully saturated rings. The van der Waals surface area contributed by atoms with Gasteiger partial charge in [0.25, 0.3) is 0 Å². The van der Waals surface area contributed by atoms with Crippen molar-refractivity contribution in [1.82, 2.24) is 15.3 Å². The number of amides is 1. The molecule has 2 aliphatic rings. The van der Waals surface area contributed by atoms with Gasteiger partial charge in [-0.15, -0.1) is 24.8 Å². The Morgan fingerprint density at radius 1 is 1.26 bits per heavy atom. The van der Waals surface area contributed by atoms with Crippen LogP contribution in [0, 0.1) is 23.6 Å². The molecule has 1 heterocycles. The van der Waals surface area contributed by atoms with Gasteiger partial charge in [-0.05, 0) is 55.7 Å². The normalized spacial score (nSPS) is 26.7. The summed E-state index contributed by atoms with van der Waals surface area (Å²) in [5, 5.41) is 3.05. The van der Waals surface area contributed by atoms with Crippen LogP contribution in [-0.4, -0.2) is 28.5 Å². The molecule has 0 aliphatic heterocycles. The molecular weight excluding hydrogens is 390 g/mol. The highest BCUT2D eigenvalue weighted by atomic mass is 35.5. The largest absolute Gasteiger partial charge is 0.355 e. The first-order valence-corrected chi connectivity index (χ1v) is 9.27. The highest BCUT2D eigenvalue weighted by Crippen LogP contribution is 2.41. The third kappa shape index (κ3) is 4.73. The molecule has 2 aromatic rings. The molecule has 1 aromatic heterocycles. The molecule has 1 amide bonds. The van der Waals surface area contributed by atoms with Gasteiger partial charge in [-0.2, -0.15) is 0 Å². The van der Waals surface area contributed by atoms with E-state index in [9.17, 15) is 9.18 Å². The van der Waals surface area contributed by atoms with Gasteiger partial charge in [-0.3, -0.25) is 4.79 Å². The van der Waals surface area contributed by atoms with Crippen molar-refractivity contribution in [2.45, 2.75) is 44.6 Å².